The fourth-order valence-electron chi connectivity index (χ4n) is 3.32. The minimum absolute atomic E-state index is 0. The van der Waals surface area contributed by atoms with Gasteiger partial charge in [-0.2, -0.15) is 13.2 Å². The van der Waals surface area contributed by atoms with E-state index < -0.39 is 27.4 Å². The summed E-state index contributed by atoms with van der Waals surface area (Å²) >= 11 is 0. The van der Waals surface area contributed by atoms with Crippen molar-refractivity contribution in [1.82, 2.24) is 0 Å². The van der Waals surface area contributed by atoms with Crippen LogP contribution in [-0.2, 0) is 46.2 Å². The van der Waals surface area contributed by atoms with E-state index in [4.69, 9.17) is 37.0 Å². The van der Waals surface area contributed by atoms with Crippen molar-refractivity contribution < 1.29 is 49.0 Å². The molecule has 2 fully saturated rings. The summed E-state index contributed by atoms with van der Waals surface area (Å²) in [5, 5.41) is 0. The van der Waals surface area contributed by atoms with Gasteiger partial charge < -0.3 is 39.9 Å². The summed E-state index contributed by atoms with van der Waals surface area (Å²) in [7, 11) is -6.16. The Balaban J connectivity index is -0.000000285. The van der Waals surface area contributed by atoms with E-state index in [1.807, 2.05) is 62.3 Å². The molecule has 10 nitrogen and oxygen atoms in total. The minimum Gasteiger partial charge on any atom is -1.00 e. The van der Waals surface area contributed by atoms with Crippen molar-refractivity contribution in [2.45, 2.75) is 111 Å². The fourth-order valence-corrected chi connectivity index (χ4v) is 6.21. The Kier molecular flexibility index (Phi) is 22.4. The van der Waals surface area contributed by atoms with Crippen molar-refractivity contribution in [1.29, 1.82) is 0 Å². The van der Waals surface area contributed by atoms with Gasteiger partial charge in [-0.15, -0.1) is 0 Å². The fraction of sp³-hybridized carbons (Fsp3) is 0.913. The molecule has 2 saturated heterocycles. The first-order valence-corrected chi connectivity index (χ1v) is 16.0. The number of rotatable bonds is 11. The molecule has 0 saturated carbocycles. The van der Waals surface area contributed by atoms with E-state index in [1.165, 1.54) is 26.5 Å². The van der Waals surface area contributed by atoms with Crippen LogP contribution in [0.5, 0.6) is 0 Å². The first-order chi connectivity index (χ1) is 15.9. The van der Waals surface area contributed by atoms with Crippen LogP contribution >= 0.6 is 15.2 Å². The summed E-state index contributed by atoms with van der Waals surface area (Å²) < 4.78 is 67.4. The zero-order valence-corrected chi connectivity index (χ0v) is 35.2. The average Bonchev–Trinajstić information content (AvgIpc) is 3.20. The van der Waals surface area contributed by atoms with Gasteiger partial charge in [0.25, 0.3) is 0 Å². The molecule has 37 heavy (non-hydrogen) atoms. The Morgan fingerprint density at radius 2 is 1.14 bits per heavy atom. The normalized spacial score (nSPS) is 27.2. The molecule has 6 atom stereocenters. The molecule has 0 N–H and O–H groups in total. The Bertz CT molecular complexity index is 730. The summed E-state index contributed by atoms with van der Waals surface area (Å²) in [5.41, 5.74) is -0.301. The number of hydrogen-bond acceptors (Lipinski definition) is 10. The van der Waals surface area contributed by atoms with Gasteiger partial charge in [-0.3, -0.25) is 9.13 Å². The van der Waals surface area contributed by atoms with E-state index >= 15 is 0 Å². The third-order valence-corrected chi connectivity index (χ3v) is 6.96. The SMILES string of the molecule is CC(C)OC1CO[CH-]C1OP(C)(=O)OC(C)C.CC(C)OP(C)(=O)OC1[CH-]OCC1OC(C)(C)C.[Ba+2].[Ba+2].[H-].[H-]. The molecule has 0 aliphatic carbocycles. The van der Waals surface area contributed by atoms with Crippen LogP contribution in [0.15, 0.2) is 0 Å². The van der Waals surface area contributed by atoms with E-state index in [1.54, 1.807) is 0 Å². The topological polar surface area (TPSA) is 108 Å². The summed E-state index contributed by atoms with van der Waals surface area (Å²) in [4.78, 5) is 0. The molecule has 6 unspecified atom stereocenters. The van der Waals surface area contributed by atoms with Crippen molar-refractivity contribution in [3.8, 4) is 0 Å². The van der Waals surface area contributed by atoms with E-state index in [9.17, 15) is 9.13 Å². The predicted molar refractivity (Wildman–Crippen MR) is 148 cm³/mol. The summed E-state index contributed by atoms with van der Waals surface area (Å²) in [6, 6.07) is 0. The van der Waals surface area contributed by atoms with Crippen molar-refractivity contribution in [3.05, 3.63) is 13.2 Å². The second-order valence-corrected chi connectivity index (χ2v) is 14.4. The smallest absolute Gasteiger partial charge is 1.00 e. The molecule has 0 radical (unpaired) electrons. The molecule has 2 heterocycles. The largest absolute Gasteiger partial charge is 2.00 e. The maximum atomic E-state index is 12.1. The molecule has 0 spiro atoms. The first-order valence-electron chi connectivity index (χ1n) is 12.0. The number of hydrogen-bond donors (Lipinski definition) is 0. The molecule has 214 valence electrons. The predicted octanol–water partition coefficient (Wildman–Crippen LogP) is 5.06. The van der Waals surface area contributed by atoms with Gasteiger partial charge in [0.2, 0.25) is 0 Å². The average molecular weight is 821 g/mol. The first kappa shape index (κ1) is 42.4. The monoisotopic (exact) mass is 822 g/mol. The van der Waals surface area contributed by atoms with Crippen LogP contribution in [-0.4, -0.2) is 173 Å². The molecular weight excluding hydrogens is 773 g/mol. The van der Waals surface area contributed by atoms with Crippen molar-refractivity contribution in [3.63, 3.8) is 0 Å². The molecule has 0 amide bonds. The van der Waals surface area contributed by atoms with Crippen LogP contribution in [0.25, 0.3) is 0 Å². The quantitative estimate of drug-likeness (QED) is 0.160. The van der Waals surface area contributed by atoms with Crippen LogP contribution in [0.4, 0.5) is 0 Å². The number of ether oxygens (including phenoxy) is 4. The van der Waals surface area contributed by atoms with Crippen LogP contribution in [0, 0.1) is 13.2 Å². The molecule has 0 bridgehead atoms. The second kappa shape index (κ2) is 19.5. The van der Waals surface area contributed by atoms with Crippen molar-refractivity contribution in [2.75, 3.05) is 26.5 Å². The summed E-state index contributed by atoms with van der Waals surface area (Å²) in [5.74, 6) is 0. The van der Waals surface area contributed by atoms with Gasteiger partial charge in [0, 0.05) is 26.5 Å². The van der Waals surface area contributed by atoms with Gasteiger partial charge in [-0.1, -0.05) is 0 Å². The molecule has 0 aromatic rings. The Hall–Kier alpha value is 3.28. The van der Waals surface area contributed by atoms with Crippen molar-refractivity contribution >= 4 is 113 Å². The second-order valence-electron chi connectivity index (χ2n) is 10.4. The summed E-state index contributed by atoms with van der Waals surface area (Å²) in [6.07, 6.45) is -1.59. The van der Waals surface area contributed by atoms with Gasteiger partial charge in [-0.05, 0) is 74.5 Å². The third-order valence-electron chi connectivity index (χ3n) is 4.10. The van der Waals surface area contributed by atoms with Crippen molar-refractivity contribution in [2.24, 2.45) is 0 Å². The van der Waals surface area contributed by atoms with Gasteiger partial charge in [0.05, 0.1) is 36.1 Å². The molecule has 2 aliphatic heterocycles. The zero-order valence-electron chi connectivity index (χ0n) is 26.5. The maximum absolute atomic E-state index is 12.1. The van der Waals surface area contributed by atoms with E-state index in [2.05, 4.69) is 0 Å². The molecule has 0 aromatic heterocycles. The van der Waals surface area contributed by atoms with E-state index in [0.717, 1.165) is 0 Å². The van der Waals surface area contributed by atoms with Gasteiger partial charge in [-0.25, -0.2) is 0 Å². The minimum atomic E-state index is -3.09. The van der Waals surface area contributed by atoms with Crippen LogP contribution in [0.1, 0.15) is 65.2 Å². The maximum Gasteiger partial charge on any atom is 2.00 e. The molecule has 14 heteroatoms. The molecule has 0 aromatic carbocycles. The van der Waals surface area contributed by atoms with Gasteiger partial charge >= 0.3 is 113 Å². The Morgan fingerprint density at radius 3 is 1.49 bits per heavy atom. The third kappa shape index (κ3) is 20.0. The van der Waals surface area contributed by atoms with Gasteiger partial charge in [0.1, 0.15) is 0 Å². The Labute approximate surface area is 308 Å². The zero-order chi connectivity index (χ0) is 27.0. The van der Waals surface area contributed by atoms with Crippen LogP contribution in [0.3, 0.4) is 0 Å². The molecular formula is C23H48Ba2O10P2. The standard InChI is InChI=1S/C12H24O5P.C11H22O5P.2Ba.2H/c1-9(2)16-18(6,13)17-11-8-14-7-10(11)15-12(3,4)5;1-8(2)14-10-6-13-7-11(10)16-17(5,12)15-9(3)4;;;;/h8-11H,7H2,1-6H3;7-11H,6H2,1-5H3;;;;/q2*-1;2*+2;2*-1. The van der Waals surface area contributed by atoms with Crippen LogP contribution in [0.2, 0.25) is 0 Å². The van der Waals surface area contributed by atoms with Crippen LogP contribution < -0.4 is 0 Å². The van der Waals surface area contributed by atoms with E-state index in [0.29, 0.717) is 13.2 Å². The molecule has 2 rings (SSSR count). The molecule has 2 aliphatic rings. The van der Waals surface area contributed by atoms with Gasteiger partial charge in [0.15, 0.2) is 0 Å². The summed E-state index contributed by atoms with van der Waals surface area (Å²) in [6.45, 7) is 23.8. The Morgan fingerprint density at radius 1 is 0.757 bits per heavy atom. The van der Waals surface area contributed by atoms with E-state index in [-0.39, 0.29) is 137 Å².